The number of rotatable bonds is 7. The molecule has 1 atom stereocenters. The van der Waals surface area contributed by atoms with Crippen LogP contribution in [0.4, 0.5) is 13.2 Å². The van der Waals surface area contributed by atoms with Gasteiger partial charge in [-0.15, -0.1) is 0 Å². The Balaban J connectivity index is 4.49. The number of amides is 1. The summed E-state index contributed by atoms with van der Waals surface area (Å²) in [4.78, 5) is 12.4. The van der Waals surface area contributed by atoms with E-state index in [0.717, 1.165) is 4.90 Å². The van der Waals surface area contributed by atoms with Crippen LogP contribution in [0.2, 0.25) is 0 Å². The minimum atomic E-state index is -4.41. The lowest BCUT2D eigenvalue weighted by Crippen LogP contribution is -2.49. The highest BCUT2D eigenvalue weighted by atomic mass is 19.4. The first-order chi connectivity index (χ1) is 7.81. The summed E-state index contributed by atoms with van der Waals surface area (Å²) in [5.41, 5.74) is 5.44. The third-order valence-electron chi connectivity index (χ3n) is 2.13. The molecule has 0 bridgehead atoms. The fraction of sp³-hybridized carbons (Fsp3) is 0.900. The van der Waals surface area contributed by atoms with Crippen molar-refractivity contribution in [3.8, 4) is 0 Å². The highest BCUT2D eigenvalue weighted by Gasteiger charge is 2.34. The van der Waals surface area contributed by atoms with Gasteiger partial charge in [-0.25, -0.2) is 0 Å². The molecule has 102 valence electrons. The van der Waals surface area contributed by atoms with Gasteiger partial charge in [-0.3, -0.25) is 4.79 Å². The van der Waals surface area contributed by atoms with E-state index < -0.39 is 24.7 Å². The molecule has 0 fully saturated rings. The summed E-state index contributed by atoms with van der Waals surface area (Å²) in [6.45, 7) is 0.556. The van der Waals surface area contributed by atoms with Gasteiger partial charge in [-0.05, 0) is 6.42 Å². The SMILES string of the molecule is CCCCN(CC(F)(F)F)C(=O)C(N)COC. The van der Waals surface area contributed by atoms with Gasteiger partial charge in [0.1, 0.15) is 12.6 Å². The average molecular weight is 256 g/mol. The van der Waals surface area contributed by atoms with Crippen LogP contribution < -0.4 is 5.73 Å². The largest absolute Gasteiger partial charge is 0.406 e. The first-order valence-corrected chi connectivity index (χ1v) is 5.41. The molecule has 4 nitrogen and oxygen atoms in total. The lowest BCUT2D eigenvalue weighted by Gasteiger charge is -2.26. The summed E-state index contributed by atoms with van der Waals surface area (Å²) in [7, 11) is 1.34. The second-order valence-electron chi connectivity index (χ2n) is 3.79. The minimum Gasteiger partial charge on any atom is -0.383 e. The zero-order valence-electron chi connectivity index (χ0n) is 10.1. The average Bonchev–Trinajstić information content (AvgIpc) is 2.22. The molecule has 0 rings (SSSR count). The number of hydrogen-bond acceptors (Lipinski definition) is 3. The normalized spacial score (nSPS) is 13.5. The van der Waals surface area contributed by atoms with Crippen LogP contribution in [0.15, 0.2) is 0 Å². The predicted molar refractivity (Wildman–Crippen MR) is 57.4 cm³/mol. The van der Waals surface area contributed by atoms with Crippen LogP contribution >= 0.6 is 0 Å². The number of unbranched alkanes of at least 4 members (excludes halogenated alkanes) is 1. The van der Waals surface area contributed by atoms with Crippen LogP contribution in [0.5, 0.6) is 0 Å². The van der Waals surface area contributed by atoms with Crippen molar-refractivity contribution in [2.75, 3.05) is 26.8 Å². The monoisotopic (exact) mass is 256 g/mol. The second-order valence-corrected chi connectivity index (χ2v) is 3.79. The lowest BCUT2D eigenvalue weighted by molar-refractivity contribution is -0.162. The predicted octanol–water partition coefficient (Wildman–Crippen LogP) is 1.15. The van der Waals surface area contributed by atoms with Crippen molar-refractivity contribution in [1.29, 1.82) is 0 Å². The number of carbonyl (C=O) groups is 1. The molecule has 0 radical (unpaired) electrons. The Bertz CT molecular complexity index is 234. The molecule has 0 aliphatic rings. The zero-order chi connectivity index (χ0) is 13.5. The van der Waals surface area contributed by atoms with Crippen molar-refractivity contribution < 1.29 is 22.7 Å². The van der Waals surface area contributed by atoms with E-state index in [4.69, 9.17) is 5.73 Å². The lowest BCUT2D eigenvalue weighted by atomic mass is 10.2. The highest BCUT2D eigenvalue weighted by molar-refractivity contribution is 5.81. The molecule has 0 heterocycles. The third kappa shape index (κ3) is 7.17. The van der Waals surface area contributed by atoms with E-state index in [0.29, 0.717) is 12.8 Å². The van der Waals surface area contributed by atoms with Crippen molar-refractivity contribution in [1.82, 2.24) is 4.90 Å². The van der Waals surface area contributed by atoms with Crippen LogP contribution in [0.3, 0.4) is 0 Å². The quantitative estimate of drug-likeness (QED) is 0.743. The van der Waals surface area contributed by atoms with Crippen LogP contribution in [-0.4, -0.2) is 49.8 Å². The van der Waals surface area contributed by atoms with Gasteiger partial charge in [0.25, 0.3) is 0 Å². The van der Waals surface area contributed by atoms with Crippen LogP contribution in [0.25, 0.3) is 0 Å². The Labute approximate surface area is 98.9 Å². The molecule has 0 saturated heterocycles. The Morgan fingerprint density at radius 1 is 1.47 bits per heavy atom. The summed E-state index contributed by atoms with van der Waals surface area (Å²) in [6, 6.07) is -1.04. The third-order valence-corrected chi connectivity index (χ3v) is 2.13. The smallest absolute Gasteiger partial charge is 0.383 e. The van der Waals surface area contributed by atoms with Crippen molar-refractivity contribution in [3.05, 3.63) is 0 Å². The first-order valence-electron chi connectivity index (χ1n) is 5.41. The van der Waals surface area contributed by atoms with Crippen LogP contribution in [0, 0.1) is 0 Å². The Morgan fingerprint density at radius 3 is 2.47 bits per heavy atom. The molecule has 2 N–H and O–H groups in total. The van der Waals surface area contributed by atoms with Crippen molar-refractivity contribution in [2.24, 2.45) is 5.73 Å². The fourth-order valence-corrected chi connectivity index (χ4v) is 1.32. The van der Waals surface area contributed by atoms with Gasteiger partial charge in [0.2, 0.25) is 5.91 Å². The molecule has 7 heteroatoms. The molecule has 0 spiro atoms. The van der Waals surface area contributed by atoms with Gasteiger partial charge in [-0.2, -0.15) is 13.2 Å². The number of ether oxygens (including phenoxy) is 1. The number of nitrogens with zero attached hydrogens (tertiary/aromatic N) is 1. The van der Waals surface area contributed by atoms with Gasteiger partial charge in [0.15, 0.2) is 0 Å². The van der Waals surface area contributed by atoms with Crippen molar-refractivity contribution in [3.63, 3.8) is 0 Å². The Hall–Kier alpha value is -0.820. The standard InChI is InChI=1S/C10H19F3N2O2/c1-3-4-5-15(7-10(11,12)13)9(16)8(14)6-17-2/h8H,3-7,14H2,1-2H3. The number of carbonyl (C=O) groups excluding carboxylic acids is 1. The summed E-state index contributed by atoms with van der Waals surface area (Å²) in [5.74, 6) is -0.724. The minimum absolute atomic E-state index is 0.0618. The van der Waals surface area contributed by atoms with Crippen LogP contribution in [-0.2, 0) is 9.53 Å². The number of halogens is 3. The molecule has 1 unspecified atom stereocenters. The molecule has 1 amide bonds. The number of methoxy groups -OCH3 is 1. The van der Waals surface area contributed by atoms with E-state index in [1.807, 2.05) is 6.92 Å². The molecule has 0 aromatic carbocycles. The maximum atomic E-state index is 12.3. The number of alkyl halides is 3. The maximum Gasteiger partial charge on any atom is 0.406 e. The van der Waals surface area contributed by atoms with Crippen molar-refractivity contribution in [2.45, 2.75) is 32.0 Å². The maximum absolute atomic E-state index is 12.3. The van der Waals surface area contributed by atoms with Gasteiger partial charge >= 0.3 is 6.18 Å². The Kier molecular flexibility index (Phi) is 7.13. The summed E-state index contributed by atoms with van der Waals surface area (Å²) in [5, 5.41) is 0. The molecular formula is C10H19F3N2O2. The molecule has 0 aliphatic heterocycles. The first kappa shape index (κ1) is 16.2. The topological polar surface area (TPSA) is 55.6 Å². The number of hydrogen-bond donors (Lipinski definition) is 1. The zero-order valence-corrected chi connectivity index (χ0v) is 10.1. The molecule has 0 aliphatic carbocycles. The van der Waals surface area contributed by atoms with E-state index in [9.17, 15) is 18.0 Å². The van der Waals surface area contributed by atoms with Crippen molar-refractivity contribution >= 4 is 5.91 Å². The van der Waals surface area contributed by atoms with Crippen LogP contribution in [0.1, 0.15) is 19.8 Å². The van der Waals surface area contributed by atoms with E-state index in [2.05, 4.69) is 4.74 Å². The molecule has 0 aromatic heterocycles. The second kappa shape index (κ2) is 7.50. The summed E-state index contributed by atoms with van der Waals surface area (Å²) < 4.78 is 41.5. The van der Waals surface area contributed by atoms with Gasteiger partial charge in [-0.1, -0.05) is 13.3 Å². The molecule has 17 heavy (non-hydrogen) atoms. The van der Waals surface area contributed by atoms with E-state index in [1.54, 1.807) is 0 Å². The molecular weight excluding hydrogens is 237 g/mol. The molecule has 0 aromatic rings. The summed E-state index contributed by atoms with van der Waals surface area (Å²) in [6.07, 6.45) is -3.18. The van der Waals surface area contributed by atoms with E-state index in [-0.39, 0.29) is 13.2 Å². The summed E-state index contributed by atoms with van der Waals surface area (Å²) >= 11 is 0. The fourth-order valence-electron chi connectivity index (χ4n) is 1.32. The Morgan fingerprint density at radius 2 is 2.06 bits per heavy atom. The van der Waals surface area contributed by atoms with E-state index >= 15 is 0 Å². The number of nitrogens with two attached hydrogens (primary N) is 1. The van der Waals surface area contributed by atoms with Gasteiger partial charge in [0.05, 0.1) is 6.61 Å². The van der Waals surface area contributed by atoms with E-state index in [1.165, 1.54) is 7.11 Å². The van der Waals surface area contributed by atoms with Gasteiger partial charge < -0.3 is 15.4 Å². The highest BCUT2D eigenvalue weighted by Crippen LogP contribution is 2.17. The van der Waals surface area contributed by atoms with Gasteiger partial charge in [0, 0.05) is 13.7 Å². The molecule has 0 saturated carbocycles.